The van der Waals surface area contributed by atoms with Crippen molar-refractivity contribution in [2.45, 2.75) is 0 Å². The van der Waals surface area contributed by atoms with E-state index >= 15 is 0 Å². The molecule has 0 unspecified atom stereocenters. The van der Waals surface area contributed by atoms with Gasteiger partial charge in [-0.05, 0) is 47.5 Å². The second kappa shape index (κ2) is 16.2. The van der Waals surface area contributed by atoms with Crippen LogP contribution in [0.2, 0.25) is 0 Å². The summed E-state index contributed by atoms with van der Waals surface area (Å²) in [6.45, 7) is 0. The monoisotopic (exact) mass is 795 g/mol. The van der Waals surface area contributed by atoms with Gasteiger partial charge in [0.15, 0.2) is 34.9 Å². The van der Waals surface area contributed by atoms with E-state index in [1.807, 2.05) is 158 Å². The zero-order chi connectivity index (χ0) is 41.8. The Morgan fingerprint density at radius 2 is 0.597 bits per heavy atom. The van der Waals surface area contributed by atoms with Crippen LogP contribution >= 0.6 is 0 Å². The zero-order valence-electron chi connectivity index (χ0n) is 32.7. The van der Waals surface area contributed by atoms with Gasteiger partial charge in [-0.2, -0.15) is 10.5 Å². The van der Waals surface area contributed by atoms with Crippen LogP contribution in [0.5, 0.6) is 0 Å². The van der Waals surface area contributed by atoms with Crippen LogP contribution in [0.25, 0.3) is 102 Å². The van der Waals surface area contributed by atoms with Crippen LogP contribution in [0, 0.1) is 22.7 Å². The molecular weight excluding hydrogens is 767 g/mol. The average molecular weight is 796 g/mol. The van der Waals surface area contributed by atoms with E-state index in [1.165, 1.54) is 0 Å². The number of nitrogens with zero attached hydrogens (tertiary/aromatic N) is 11. The number of hydrogen-bond donors (Lipinski definition) is 0. The van der Waals surface area contributed by atoms with Crippen LogP contribution in [-0.2, 0) is 0 Å². The molecule has 0 aliphatic carbocycles. The molecule has 11 nitrogen and oxygen atoms in total. The van der Waals surface area contributed by atoms with E-state index in [4.69, 9.17) is 29.9 Å². The van der Waals surface area contributed by atoms with Crippen LogP contribution in [-0.4, -0.2) is 44.9 Å². The van der Waals surface area contributed by atoms with E-state index in [-0.39, 0.29) is 0 Å². The molecule has 0 spiro atoms. The van der Waals surface area contributed by atoms with Gasteiger partial charge in [-0.3, -0.25) is 15.0 Å². The molecule has 10 aromatic rings. The summed E-state index contributed by atoms with van der Waals surface area (Å²) in [5.41, 5.74) is 7.76. The first-order chi connectivity index (χ1) is 30.6. The largest absolute Gasteiger partial charge is 0.253 e. The molecule has 0 N–H and O–H groups in total. The lowest BCUT2D eigenvalue weighted by atomic mass is 9.83. The number of pyridine rings is 3. The van der Waals surface area contributed by atoms with E-state index in [0.717, 1.165) is 22.3 Å². The van der Waals surface area contributed by atoms with Crippen molar-refractivity contribution in [3.63, 3.8) is 0 Å². The highest BCUT2D eigenvalue weighted by molar-refractivity contribution is 6.06. The summed E-state index contributed by atoms with van der Waals surface area (Å²) in [5, 5.41) is 23.1. The fourth-order valence-corrected chi connectivity index (χ4v) is 7.38. The first kappa shape index (κ1) is 37.1. The fourth-order valence-electron chi connectivity index (χ4n) is 7.38. The van der Waals surface area contributed by atoms with Gasteiger partial charge in [-0.25, -0.2) is 29.9 Å². The zero-order valence-corrected chi connectivity index (χ0v) is 32.7. The van der Waals surface area contributed by atoms with Gasteiger partial charge < -0.3 is 0 Å². The first-order valence-corrected chi connectivity index (χ1v) is 19.6. The minimum absolute atomic E-state index is 0.410. The molecule has 288 valence electrons. The number of fused-ring (bicyclic) bond motifs is 1. The van der Waals surface area contributed by atoms with Gasteiger partial charge in [0.25, 0.3) is 0 Å². The standard InChI is InChI=1S/C51H29N11/c52-30-39-37-14-4-5-15-38(37)40(31-53)45(33-21-25-36(26-22-33)48-60-50(42-17-7-10-28-55-42)62-51(61-48)43-18-8-11-29-56-43)44(39)32-19-23-35(24-20-32)47-57-46(34-12-2-1-3-13-34)58-49(59-47)41-16-6-9-27-54-41/h1-29H. The maximum Gasteiger partial charge on any atom is 0.182 e. The molecule has 11 heteroatoms. The van der Waals surface area contributed by atoms with Crippen LogP contribution in [0.15, 0.2) is 176 Å². The molecule has 0 bridgehead atoms. The van der Waals surface area contributed by atoms with Crippen molar-refractivity contribution in [3.8, 4) is 103 Å². The smallest absolute Gasteiger partial charge is 0.182 e. The van der Waals surface area contributed by atoms with E-state index in [0.29, 0.717) is 90.6 Å². The van der Waals surface area contributed by atoms with Crippen molar-refractivity contribution in [3.05, 3.63) is 187 Å². The predicted octanol–water partition coefficient (Wildman–Crippen LogP) is 10.5. The predicted molar refractivity (Wildman–Crippen MR) is 237 cm³/mol. The Kier molecular flexibility index (Phi) is 9.71. The van der Waals surface area contributed by atoms with Crippen LogP contribution in [0.3, 0.4) is 0 Å². The van der Waals surface area contributed by atoms with E-state index in [2.05, 4.69) is 27.1 Å². The molecule has 5 heterocycles. The lowest BCUT2D eigenvalue weighted by molar-refractivity contribution is 1.05. The molecule has 0 atom stereocenters. The third-order valence-electron chi connectivity index (χ3n) is 10.3. The summed E-state index contributed by atoms with van der Waals surface area (Å²) in [7, 11) is 0. The minimum atomic E-state index is 0.410. The van der Waals surface area contributed by atoms with Gasteiger partial charge in [0, 0.05) is 57.2 Å². The minimum Gasteiger partial charge on any atom is -0.253 e. The number of aromatic nitrogens is 9. The highest BCUT2D eigenvalue weighted by Crippen LogP contribution is 2.43. The van der Waals surface area contributed by atoms with Crippen LogP contribution < -0.4 is 0 Å². The summed E-state index contributed by atoms with van der Waals surface area (Å²) in [4.78, 5) is 42.3. The third-order valence-corrected chi connectivity index (χ3v) is 10.3. The molecular formula is C51H29N11. The van der Waals surface area contributed by atoms with Gasteiger partial charge in [0.2, 0.25) is 0 Å². The van der Waals surface area contributed by atoms with Gasteiger partial charge in [-0.15, -0.1) is 0 Å². The van der Waals surface area contributed by atoms with Crippen LogP contribution in [0.4, 0.5) is 0 Å². The Hall–Kier alpha value is -9.19. The number of nitriles is 2. The molecule has 0 radical (unpaired) electrons. The lowest BCUT2D eigenvalue weighted by Crippen LogP contribution is -2.02. The number of hydrogen-bond acceptors (Lipinski definition) is 11. The maximum atomic E-state index is 10.9. The molecule has 0 fully saturated rings. The second-order valence-corrected chi connectivity index (χ2v) is 14.0. The van der Waals surface area contributed by atoms with Gasteiger partial charge in [-0.1, -0.05) is 121 Å². The Labute approximate surface area is 355 Å². The van der Waals surface area contributed by atoms with Gasteiger partial charge in [0.05, 0.1) is 11.1 Å². The molecule has 0 aliphatic rings. The van der Waals surface area contributed by atoms with E-state index in [1.54, 1.807) is 18.6 Å². The SMILES string of the molecule is N#Cc1c(-c2ccc(-c3nc(-c4ccccc4)nc(-c4ccccn4)n3)cc2)c(-c2ccc(-c3nc(-c4ccccn4)nc(-c4ccccn4)n3)cc2)c(C#N)c2ccccc12. The highest BCUT2D eigenvalue weighted by Gasteiger charge is 2.23. The van der Waals surface area contributed by atoms with Gasteiger partial charge in [0.1, 0.15) is 29.2 Å². The van der Waals surface area contributed by atoms with Crippen LogP contribution in [0.1, 0.15) is 11.1 Å². The van der Waals surface area contributed by atoms with Gasteiger partial charge >= 0.3 is 0 Å². The molecule has 0 aliphatic heterocycles. The van der Waals surface area contributed by atoms with E-state index < -0.39 is 0 Å². The molecule has 0 saturated heterocycles. The molecule has 10 rings (SSSR count). The van der Waals surface area contributed by atoms with Crippen molar-refractivity contribution in [1.29, 1.82) is 10.5 Å². The summed E-state index contributed by atoms with van der Waals surface area (Å²) < 4.78 is 0. The molecule has 0 saturated carbocycles. The molecule has 5 aromatic heterocycles. The molecule has 5 aromatic carbocycles. The second-order valence-electron chi connectivity index (χ2n) is 14.0. The number of benzene rings is 5. The Morgan fingerprint density at radius 1 is 0.290 bits per heavy atom. The maximum absolute atomic E-state index is 10.9. The lowest BCUT2D eigenvalue weighted by Gasteiger charge is -2.18. The fraction of sp³-hybridized carbons (Fsp3) is 0. The summed E-state index contributed by atoms with van der Waals surface area (Å²) in [5.74, 6) is 2.68. The Morgan fingerprint density at radius 3 is 0.952 bits per heavy atom. The quantitative estimate of drug-likeness (QED) is 0.144. The first-order valence-electron chi connectivity index (χ1n) is 19.6. The topological polar surface area (TPSA) is 164 Å². The van der Waals surface area contributed by atoms with Crippen molar-refractivity contribution in [2.75, 3.05) is 0 Å². The number of rotatable bonds is 8. The Balaban J connectivity index is 1.10. The molecule has 62 heavy (non-hydrogen) atoms. The van der Waals surface area contributed by atoms with Crippen molar-refractivity contribution in [1.82, 2.24) is 44.9 Å². The third kappa shape index (κ3) is 7.04. The highest BCUT2D eigenvalue weighted by atomic mass is 15.1. The van der Waals surface area contributed by atoms with Crippen molar-refractivity contribution < 1.29 is 0 Å². The van der Waals surface area contributed by atoms with Crippen molar-refractivity contribution >= 4 is 10.8 Å². The van der Waals surface area contributed by atoms with E-state index in [9.17, 15) is 10.5 Å². The summed E-state index contributed by atoms with van der Waals surface area (Å²) in [6, 6.07) is 54.4. The van der Waals surface area contributed by atoms with Crippen molar-refractivity contribution in [2.24, 2.45) is 0 Å². The average Bonchev–Trinajstić information content (AvgIpc) is 3.36. The molecule has 0 amide bonds. The summed E-state index contributed by atoms with van der Waals surface area (Å²) in [6.07, 6.45) is 5.09. The Bertz CT molecular complexity index is 2990. The normalized spacial score (nSPS) is 10.9. The summed E-state index contributed by atoms with van der Waals surface area (Å²) >= 11 is 0.